The molecule has 1 fully saturated rings. The topological polar surface area (TPSA) is 44.5 Å². The quantitative estimate of drug-likeness (QED) is 0.292. The first-order valence-electron chi connectivity index (χ1n) is 11.6. The maximum Gasteiger partial charge on any atom is 0.494 e. The third-order valence-corrected chi connectivity index (χ3v) is 7.11. The van der Waals surface area contributed by atoms with Gasteiger partial charge in [0.25, 0.3) is 0 Å². The minimum atomic E-state index is -0.390. The van der Waals surface area contributed by atoms with Crippen LogP contribution in [0.5, 0.6) is 0 Å². The first-order valence-corrected chi connectivity index (χ1v) is 11.6. The predicted octanol–water partition coefficient (Wildman–Crippen LogP) is 6.61. The van der Waals surface area contributed by atoms with Crippen molar-refractivity contribution >= 4 is 34.5 Å². The van der Waals surface area contributed by atoms with Crippen LogP contribution in [-0.2, 0) is 9.31 Å². The number of nitrogens with zero attached hydrogens (tertiary/aromatic N) is 1. The molecule has 4 nitrogen and oxygen atoms in total. The Morgan fingerprint density at radius 3 is 2.00 bits per heavy atom. The Kier molecular flexibility index (Phi) is 4.70. The van der Waals surface area contributed by atoms with E-state index < -0.39 is 0 Å². The molecule has 1 saturated heterocycles. The molecule has 0 N–H and O–H groups in total. The first-order chi connectivity index (χ1) is 16.3. The maximum atomic E-state index is 6.25. The highest BCUT2D eigenvalue weighted by atomic mass is 16.7. The average Bonchev–Trinajstić information content (AvgIpc) is 3.34. The van der Waals surface area contributed by atoms with Gasteiger partial charge in [0.05, 0.1) is 11.2 Å². The number of rotatable bonds is 3. The summed E-state index contributed by atoms with van der Waals surface area (Å²) < 4.78 is 18.7. The van der Waals surface area contributed by atoms with Gasteiger partial charge in [-0.3, -0.25) is 0 Å². The monoisotopic (exact) mass is 447 g/mol. The Labute approximate surface area is 199 Å². The van der Waals surface area contributed by atoms with Crippen molar-refractivity contribution in [2.24, 2.45) is 0 Å². The molecule has 4 aromatic carbocycles. The lowest BCUT2D eigenvalue weighted by molar-refractivity contribution is 0.00578. The third kappa shape index (κ3) is 3.52. The number of hydrogen-bond donors (Lipinski definition) is 0. The number of aromatic nitrogens is 1. The fraction of sp³-hybridized carbons (Fsp3) is 0.207. The second kappa shape index (κ2) is 7.56. The van der Waals surface area contributed by atoms with Crippen LogP contribution < -0.4 is 5.46 Å². The molecule has 0 amide bonds. The van der Waals surface area contributed by atoms with Crippen LogP contribution in [0.15, 0.2) is 89.3 Å². The molecule has 5 aromatic rings. The summed E-state index contributed by atoms with van der Waals surface area (Å²) in [6.07, 6.45) is 0. The van der Waals surface area contributed by atoms with Gasteiger partial charge >= 0.3 is 7.12 Å². The molecule has 0 radical (unpaired) electrons. The summed E-state index contributed by atoms with van der Waals surface area (Å²) in [5.41, 5.74) is 5.05. The van der Waals surface area contributed by atoms with Gasteiger partial charge in [-0.25, -0.2) is 4.98 Å². The van der Waals surface area contributed by atoms with E-state index in [0.29, 0.717) is 5.89 Å². The van der Waals surface area contributed by atoms with E-state index in [0.717, 1.165) is 44.0 Å². The minimum Gasteiger partial charge on any atom is -0.436 e. The molecular weight excluding hydrogens is 421 g/mol. The average molecular weight is 447 g/mol. The second-order valence-corrected chi connectivity index (χ2v) is 9.98. The molecule has 5 heteroatoms. The Morgan fingerprint density at radius 1 is 0.647 bits per heavy atom. The summed E-state index contributed by atoms with van der Waals surface area (Å²) in [6.45, 7) is 8.29. The summed E-state index contributed by atoms with van der Waals surface area (Å²) in [7, 11) is -0.390. The van der Waals surface area contributed by atoms with Crippen LogP contribution >= 0.6 is 0 Å². The van der Waals surface area contributed by atoms with Gasteiger partial charge < -0.3 is 13.7 Å². The largest absolute Gasteiger partial charge is 0.494 e. The van der Waals surface area contributed by atoms with E-state index in [1.54, 1.807) is 0 Å². The van der Waals surface area contributed by atoms with Gasteiger partial charge in [-0.05, 0) is 79.3 Å². The predicted molar refractivity (Wildman–Crippen MR) is 138 cm³/mol. The van der Waals surface area contributed by atoms with Crippen LogP contribution in [0.1, 0.15) is 27.7 Å². The smallest absolute Gasteiger partial charge is 0.436 e. The van der Waals surface area contributed by atoms with E-state index in [1.807, 2.05) is 30.3 Å². The van der Waals surface area contributed by atoms with E-state index in [-0.39, 0.29) is 18.3 Å². The van der Waals surface area contributed by atoms with Gasteiger partial charge in [0.2, 0.25) is 5.89 Å². The van der Waals surface area contributed by atoms with E-state index in [2.05, 4.69) is 82.3 Å². The van der Waals surface area contributed by atoms with Gasteiger partial charge in [0, 0.05) is 5.56 Å². The Balaban J connectivity index is 1.35. The van der Waals surface area contributed by atoms with Crippen LogP contribution in [0, 0.1) is 0 Å². The van der Waals surface area contributed by atoms with Crippen LogP contribution in [0.4, 0.5) is 0 Å². The molecule has 0 saturated carbocycles. The molecule has 0 atom stereocenters. The van der Waals surface area contributed by atoms with Crippen LogP contribution in [-0.4, -0.2) is 23.3 Å². The molecule has 1 aromatic heterocycles. The molecular formula is C29H26BNO3. The van der Waals surface area contributed by atoms with Gasteiger partial charge in [-0.2, -0.15) is 0 Å². The summed E-state index contributed by atoms with van der Waals surface area (Å²) in [5, 5.41) is 2.30. The van der Waals surface area contributed by atoms with E-state index in [1.165, 1.54) is 0 Å². The van der Waals surface area contributed by atoms with E-state index in [4.69, 9.17) is 18.7 Å². The molecule has 0 spiro atoms. The fourth-order valence-electron chi connectivity index (χ4n) is 4.41. The van der Waals surface area contributed by atoms with Crippen molar-refractivity contribution in [1.29, 1.82) is 0 Å². The Bertz CT molecular complexity index is 1470. The van der Waals surface area contributed by atoms with Gasteiger partial charge in [-0.15, -0.1) is 0 Å². The highest BCUT2D eigenvalue weighted by Gasteiger charge is 2.51. The number of fused-ring (bicyclic) bond motifs is 2. The zero-order valence-electron chi connectivity index (χ0n) is 19.8. The molecule has 168 valence electrons. The van der Waals surface area contributed by atoms with Crippen LogP contribution in [0.25, 0.3) is 44.5 Å². The molecule has 0 unspecified atom stereocenters. The summed E-state index contributed by atoms with van der Waals surface area (Å²) in [4.78, 5) is 4.77. The van der Waals surface area contributed by atoms with Crippen LogP contribution in [0.3, 0.4) is 0 Å². The number of oxazole rings is 1. The highest BCUT2D eigenvalue weighted by molar-refractivity contribution is 6.62. The van der Waals surface area contributed by atoms with Gasteiger partial charge in [0.1, 0.15) is 5.52 Å². The van der Waals surface area contributed by atoms with Crippen molar-refractivity contribution in [3.63, 3.8) is 0 Å². The van der Waals surface area contributed by atoms with Gasteiger partial charge in [-0.1, -0.05) is 60.7 Å². The second-order valence-electron chi connectivity index (χ2n) is 9.98. The zero-order chi connectivity index (χ0) is 23.5. The normalized spacial score (nSPS) is 17.0. The number of benzene rings is 4. The first kappa shape index (κ1) is 21.1. The molecule has 2 heterocycles. The molecule has 34 heavy (non-hydrogen) atoms. The summed E-state index contributed by atoms with van der Waals surface area (Å²) in [6, 6.07) is 29.0. The minimum absolute atomic E-state index is 0.370. The highest BCUT2D eigenvalue weighted by Crippen LogP contribution is 2.37. The molecule has 1 aliphatic heterocycles. The molecule has 0 bridgehead atoms. The van der Waals surface area contributed by atoms with Crippen molar-refractivity contribution in [3.05, 3.63) is 84.9 Å². The maximum absolute atomic E-state index is 6.25. The van der Waals surface area contributed by atoms with Gasteiger partial charge in [0.15, 0.2) is 5.58 Å². The third-order valence-electron chi connectivity index (χ3n) is 7.11. The molecule has 0 aliphatic carbocycles. The fourth-order valence-corrected chi connectivity index (χ4v) is 4.41. The van der Waals surface area contributed by atoms with Crippen molar-refractivity contribution in [2.45, 2.75) is 38.9 Å². The Hall–Kier alpha value is -3.41. The van der Waals surface area contributed by atoms with Crippen LogP contribution in [0.2, 0.25) is 0 Å². The summed E-state index contributed by atoms with van der Waals surface area (Å²) in [5.74, 6) is 0.620. The number of hydrogen-bond acceptors (Lipinski definition) is 4. The zero-order valence-corrected chi connectivity index (χ0v) is 19.8. The lowest BCUT2D eigenvalue weighted by Crippen LogP contribution is -2.41. The molecule has 6 rings (SSSR count). The Morgan fingerprint density at radius 2 is 1.26 bits per heavy atom. The standard InChI is InChI=1S/C29H26BNO3/c1-28(2)29(3,4)34-30(33-28)24-14-8-12-20(16-24)19-11-7-13-23(15-19)27-31-25-17-21-9-5-6-10-22(21)18-26(25)32-27/h5-18H,1-4H3. The SMILES string of the molecule is CC1(C)OB(c2cccc(-c3cccc(-c4nc5cc6ccccc6cc5o4)c3)c2)OC1(C)C. The van der Waals surface area contributed by atoms with Crippen molar-refractivity contribution in [2.75, 3.05) is 0 Å². The van der Waals surface area contributed by atoms with Crippen molar-refractivity contribution in [3.8, 4) is 22.6 Å². The van der Waals surface area contributed by atoms with E-state index >= 15 is 0 Å². The summed E-state index contributed by atoms with van der Waals surface area (Å²) >= 11 is 0. The molecule has 1 aliphatic rings. The lowest BCUT2D eigenvalue weighted by atomic mass is 9.78. The van der Waals surface area contributed by atoms with Crippen molar-refractivity contribution < 1.29 is 13.7 Å². The van der Waals surface area contributed by atoms with E-state index in [9.17, 15) is 0 Å². The van der Waals surface area contributed by atoms with Crippen molar-refractivity contribution in [1.82, 2.24) is 4.98 Å². The lowest BCUT2D eigenvalue weighted by Gasteiger charge is -2.32.